The number of carbonyl (C=O) groups excluding carboxylic acids is 3. The lowest BCUT2D eigenvalue weighted by Gasteiger charge is -2.20. The molecule has 0 N–H and O–H groups in total. The van der Waals surface area contributed by atoms with Crippen molar-refractivity contribution in [2.24, 2.45) is 0 Å². The average molecular weight is 460 g/mol. The zero-order valence-electron chi connectivity index (χ0n) is 18.2. The summed E-state index contributed by atoms with van der Waals surface area (Å²) in [6.45, 7) is 4.24. The number of carbonyl (C=O) groups is 3. The van der Waals surface area contributed by atoms with Gasteiger partial charge < -0.3 is 4.42 Å². The van der Waals surface area contributed by atoms with Gasteiger partial charge in [-0.15, -0.1) is 0 Å². The van der Waals surface area contributed by atoms with Gasteiger partial charge in [0.2, 0.25) is 11.8 Å². The second-order valence-corrected chi connectivity index (χ2v) is 9.08. The second-order valence-electron chi connectivity index (χ2n) is 8.07. The highest BCUT2D eigenvalue weighted by molar-refractivity contribution is 7.22. The maximum atomic E-state index is 13.7. The minimum Gasteiger partial charge on any atom is -0.467 e. The molecule has 5 rings (SSSR count). The summed E-state index contributed by atoms with van der Waals surface area (Å²) in [6.07, 6.45) is 1.94. The highest BCUT2D eigenvalue weighted by atomic mass is 32.1. The van der Waals surface area contributed by atoms with Crippen LogP contribution in [-0.4, -0.2) is 22.7 Å². The van der Waals surface area contributed by atoms with Crippen molar-refractivity contribution in [3.8, 4) is 0 Å². The lowest BCUT2D eigenvalue weighted by molar-refractivity contribution is -0.121. The second kappa shape index (κ2) is 8.29. The van der Waals surface area contributed by atoms with Crippen molar-refractivity contribution in [3.05, 3.63) is 77.2 Å². The molecule has 4 aromatic rings. The van der Waals surface area contributed by atoms with Crippen LogP contribution in [0, 0.1) is 13.8 Å². The van der Waals surface area contributed by atoms with Crippen molar-refractivity contribution in [2.45, 2.75) is 33.2 Å². The van der Waals surface area contributed by atoms with Crippen LogP contribution < -0.4 is 9.80 Å². The number of thiazole rings is 1. The third-order valence-electron chi connectivity index (χ3n) is 5.59. The van der Waals surface area contributed by atoms with E-state index in [2.05, 4.69) is 12.1 Å². The standard InChI is InChI=1S/C25H21N3O4S/c1-15-11-16(2)23-20(12-15)33-25(26-23)27(14-19-7-4-10-32-19)24(31)17-5-3-6-18(13-17)28-21(29)8-9-22(28)30/h3-7,10-13H,8-9,14H2,1-2H3. The Hall–Kier alpha value is -3.78. The summed E-state index contributed by atoms with van der Waals surface area (Å²) in [7, 11) is 0. The predicted molar refractivity (Wildman–Crippen MR) is 126 cm³/mol. The van der Waals surface area contributed by atoms with E-state index in [4.69, 9.17) is 9.40 Å². The fourth-order valence-electron chi connectivity index (χ4n) is 4.06. The number of anilines is 2. The highest BCUT2D eigenvalue weighted by Crippen LogP contribution is 2.34. The number of hydrogen-bond acceptors (Lipinski definition) is 6. The lowest BCUT2D eigenvalue weighted by atomic mass is 10.1. The van der Waals surface area contributed by atoms with Gasteiger partial charge in [0.25, 0.3) is 5.91 Å². The van der Waals surface area contributed by atoms with Gasteiger partial charge in [-0.2, -0.15) is 0 Å². The molecule has 0 unspecified atom stereocenters. The van der Waals surface area contributed by atoms with Crippen LogP contribution in [0.15, 0.2) is 59.2 Å². The number of fused-ring (bicyclic) bond motifs is 1. The molecule has 0 radical (unpaired) electrons. The van der Waals surface area contributed by atoms with Crippen LogP contribution in [-0.2, 0) is 16.1 Å². The van der Waals surface area contributed by atoms with Gasteiger partial charge in [0.1, 0.15) is 5.76 Å². The first-order valence-corrected chi connectivity index (χ1v) is 11.4. The van der Waals surface area contributed by atoms with Gasteiger partial charge in [0, 0.05) is 18.4 Å². The van der Waals surface area contributed by atoms with Crippen molar-refractivity contribution < 1.29 is 18.8 Å². The summed E-state index contributed by atoms with van der Waals surface area (Å²) >= 11 is 1.44. The minimum absolute atomic E-state index is 0.187. The van der Waals surface area contributed by atoms with E-state index < -0.39 is 0 Å². The fourth-order valence-corrected chi connectivity index (χ4v) is 5.20. The monoisotopic (exact) mass is 459 g/mol. The van der Waals surface area contributed by atoms with Crippen LogP contribution in [0.5, 0.6) is 0 Å². The number of furan rings is 1. The van der Waals surface area contributed by atoms with Crippen LogP contribution in [0.4, 0.5) is 10.8 Å². The lowest BCUT2D eigenvalue weighted by Crippen LogP contribution is -2.31. The van der Waals surface area contributed by atoms with E-state index in [1.807, 2.05) is 13.8 Å². The third-order valence-corrected chi connectivity index (χ3v) is 6.62. The Morgan fingerprint density at radius 3 is 2.61 bits per heavy atom. The minimum atomic E-state index is -0.291. The molecule has 1 fully saturated rings. The van der Waals surface area contributed by atoms with E-state index in [-0.39, 0.29) is 37.1 Å². The molecule has 8 heteroatoms. The largest absolute Gasteiger partial charge is 0.467 e. The van der Waals surface area contributed by atoms with Crippen LogP contribution in [0.1, 0.15) is 40.1 Å². The van der Waals surface area contributed by atoms with Crippen LogP contribution in [0.25, 0.3) is 10.2 Å². The molecule has 3 amide bonds. The molecule has 1 saturated heterocycles. The number of aromatic nitrogens is 1. The molecule has 166 valence electrons. The number of aryl methyl sites for hydroxylation is 2. The van der Waals surface area contributed by atoms with Gasteiger partial charge in [-0.05, 0) is 61.4 Å². The first kappa shape index (κ1) is 21.1. The van der Waals surface area contributed by atoms with Gasteiger partial charge in [0.05, 0.1) is 28.7 Å². The Kier molecular flexibility index (Phi) is 5.30. The first-order valence-electron chi connectivity index (χ1n) is 10.6. The Labute approximate surface area is 194 Å². The predicted octanol–water partition coefficient (Wildman–Crippen LogP) is 5.01. The number of imide groups is 1. The highest BCUT2D eigenvalue weighted by Gasteiger charge is 2.31. The van der Waals surface area contributed by atoms with Gasteiger partial charge in [-0.3, -0.25) is 24.2 Å². The topological polar surface area (TPSA) is 83.7 Å². The van der Waals surface area contributed by atoms with Crippen LogP contribution in [0.3, 0.4) is 0 Å². The Morgan fingerprint density at radius 1 is 1.09 bits per heavy atom. The maximum absolute atomic E-state index is 13.7. The number of nitrogens with zero attached hydrogens (tertiary/aromatic N) is 3. The number of benzene rings is 2. The Morgan fingerprint density at radius 2 is 1.88 bits per heavy atom. The normalized spacial score (nSPS) is 13.8. The van der Waals surface area contributed by atoms with E-state index in [0.717, 1.165) is 26.2 Å². The molecule has 0 saturated carbocycles. The summed E-state index contributed by atoms with van der Waals surface area (Å²) in [5.41, 5.74) is 3.80. The average Bonchev–Trinajstić information content (AvgIpc) is 3.52. The Bertz CT molecular complexity index is 1370. The summed E-state index contributed by atoms with van der Waals surface area (Å²) < 4.78 is 6.51. The summed E-state index contributed by atoms with van der Waals surface area (Å²) in [6, 6.07) is 14.3. The van der Waals surface area contributed by atoms with E-state index in [0.29, 0.717) is 22.1 Å². The summed E-state index contributed by atoms with van der Waals surface area (Å²) in [4.78, 5) is 45.5. The fraction of sp³-hybridized carbons (Fsp3) is 0.200. The molecule has 33 heavy (non-hydrogen) atoms. The van der Waals surface area contributed by atoms with Gasteiger partial charge in [-0.25, -0.2) is 4.98 Å². The van der Waals surface area contributed by atoms with E-state index in [9.17, 15) is 14.4 Å². The van der Waals surface area contributed by atoms with Crippen molar-refractivity contribution in [2.75, 3.05) is 9.80 Å². The molecule has 1 aliphatic rings. The molecule has 0 aliphatic carbocycles. The van der Waals surface area contributed by atoms with E-state index in [1.165, 1.54) is 11.3 Å². The third kappa shape index (κ3) is 3.93. The molecule has 0 bridgehead atoms. The number of amides is 3. The van der Waals surface area contributed by atoms with E-state index in [1.54, 1.807) is 47.6 Å². The van der Waals surface area contributed by atoms with Crippen LogP contribution in [0.2, 0.25) is 0 Å². The van der Waals surface area contributed by atoms with Crippen molar-refractivity contribution >= 4 is 50.1 Å². The zero-order chi connectivity index (χ0) is 23.1. The first-order chi connectivity index (χ1) is 15.9. The molecule has 2 aromatic heterocycles. The van der Waals surface area contributed by atoms with E-state index >= 15 is 0 Å². The number of rotatable bonds is 5. The maximum Gasteiger partial charge on any atom is 0.260 e. The van der Waals surface area contributed by atoms with Gasteiger partial charge in [-0.1, -0.05) is 23.5 Å². The molecule has 0 spiro atoms. The van der Waals surface area contributed by atoms with Crippen molar-refractivity contribution in [3.63, 3.8) is 0 Å². The molecular formula is C25H21N3O4S. The molecule has 2 aromatic carbocycles. The molecule has 0 atom stereocenters. The van der Waals surface area contributed by atoms with Crippen molar-refractivity contribution in [1.82, 2.24) is 4.98 Å². The molecule has 1 aliphatic heterocycles. The Balaban J connectivity index is 1.56. The molecule has 7 nitrogen and oxygen atoms in total. The summed E-state index contributed by atoms with van der Waals surface area (Å²) in [5.74, 6) is -0.180. The van der Waals surface area contributed by atoms with Gasteiger partial charge in [0.15, 0.2) is 5.13 Å². The molecule has 3 heterocycles. The molecular weight excluding hydrogens is 438 g/mol. The smallest absolute Gasteiger partial charge is 0.260 e. The zero-order valence-corrected chi connectivity index (χ0v) is 19.0. The van der Waals surface area contributed by atoms with Crippen molar-refractivity contribution in [1.29, 1.82) is 0 Å². The summed E-state index contributed by atoms with van der Waals surface area (Å²) in [5, 5.41) is 0.554. The van der Waals surface area contributed by atoms with Gasteiger partial charge >= 0.3 is 0 Å². The number of hydrogen-bond donors (Lipinski definition) is 0. The van der Waals surface area contributed by atoms with Crippen LogP contribution >= 0.6 is 11.3 Å². The quantitative estimate of drug-likeness (QED) is 0.392. The SMILES string of the molecule is Cc1cc(C)c2nc(N(Cc3ccco3)C(=O)c3cccc(N4C(=O)CCC4=O)c3)sc2c1.